The first kappa shape index (κ1) is 33.7. The molecule has 11 nitrogen and oxygen atoms in total. The quantitative estimate of drug-likeness (QED) is 0.162. The molecule has 2 aromatic carbocycles. The molecule has 0 aliphatic carbocycles. The van der Waals surface area contributed by atoms with Crippen LogP contribution in [0.2, 0.25) is 5.02 Å². The molecule has 4 heterocycles. The number of benzene rings is 2. The largest absolute Gasteiger partial charge is 0.380 e. The maximum absolute atomic E-state index is 12.0. The highest BCUT2D eigenvalue weighted by Crippen LogP contribution is 2.33. The van der Waals surface area contributed by atoms with Gasteiger partial charge in [0.15, 0.2) is 5.82 Å². The van der Waals surface area contributed by atoms with Gasteiger partial charge in [0.2, 0.25) is 11.8 Å². The maximum atomic E-state index is 12.0. The summed E-state index contributed by atoms with van der Waals surface area (Å²) in [5, 5.41) is 20.2. The number of halogens is 1. The van der Waals surface area contributed by atoms with E-state index >= 15 is 0 Å². The lowest BCUT2D eigenvalue weighted by Gasteiger charge is -2.18. The summed E-state index contributed by atoms with van der Waals surface area (Å²) in [7, 11) is 0. The van der Waals surface area contributed by atoms with E-state index < -0.39 is 0 Å². The van der Waals surface area contributed by atoms with Crippen molar-refractivity contribution < 1.29 is 14.3 Å². The molecule has 1 saturated heterocycles. The Hall–Kier alpha value is -4.19. The molecule has 0 radical (unpaired) electrons. The second-order valence-electron chi connectivity index (χ2n) is 12.6. The molecule has 2 amide bonds. The predicted molar refractivity (Wildman–Crippen MR) is 186 cm³/mol. The molecule has 2 aliphatic heterocycles. The van der Waals surface area contributed by atoms with E-state index in [0.717, 1.165) is 84.1 Å². The molecule has 48 heavy (non-hydrogen) atoms. The van der Waals surface area contributed by atoms with Crippen LogP contribution in [0.4, 0.5) is 0 Å². The fraction of sp³-hybridized carbons (Fsp3) is 0.444. The van der Waals surface area contributed by atoms with Crippen molar-refractivity contribution in [2.24, 2.45) is 4.99 Å². The molecule has 2 N–H and O–H groups in total. The zero-order valence-electron chi connectivity index (χ0n) is 27.6. The number of fused-ring (bicyclic) bond motifs is 3. The zero-order chi connectivity index (χ0) is 33.5. The highest BCUT2D eigenvalue weighted by atomic mass is 35.5. The van der Waals surface area contributed by atoms with Crippen molar-refractivity contribution in [2.75, 3.05) is 19.8 Å². The van der Waals surface area contributed by atoms with Gasteiger partial charge in [0.25, 0.3) is 0 Å². The molecule has 6 rings (SSSR count). The Morgan fingerprint density at radius 1 is 0.979 bits per heavy atom. The van der Waals surface area contributed by atoms with E-state index in [1.807, 2.05) is 49.0 Å². The summed E-state index contributed by atoms with van der Waals surface area (Å²) in [6, 6.07) is 14.2. The average Bonchev–Trinajstić information content (AvgIpc) is 3.68. The average molecular weight is 671 g/mol. The van der Waals surface area contributed by atoms with Gasteiger partial charge in [-0.2, -0.15) is 5.10 Å². The van der Waals surface area contributed by atoms with Crippen LogP contribution in [0.3, 0.4) is 0 Å². The topological polar surface area (TPSA) is 128 Å². The normalized spacial score (nSPS) is 18.7. The van der Waals surface area contributed by atoms with Gasteiger partial charge in [0, 0.05) is 59.9 Å². The number of unbranched alkanes of at least 4 members (excludes halogenated alkanes) is 3. The minimum atomic E-state index is -0.217. The molecule has 4 aromatic rings. The number of nitrogens with one attached hydrogen (secondary N) is 2. The summed E-state index contributed by atoms with van der Waals surface area (Å²) in [5.74, 6) is 1.22. The Balaban J connectivity index is 1.04. The summed E-state index contributed by atoms with van der Waals surface area (Å²) in [5.41, 5.74) is 6.03. The lowest BCUT2D eigenvalue weighted by atomic mass is 9.96. The summed E-state index contributed by atoms with van der Waals surface area (Å²) in [6.07, 6.45) is 10.2. The Bertz CT molecular complexity index is 1760. The zero-order valence-corrected chi connectivity index (χ0v) is 28.4. The lowest BCUT2D eigenvalue weighted by Crippen LogP contribution is -2.36. The number of carbonyl (C=O) groups excluding carboxylic acids is 2. The third-order valence-electron chi connectivity index (χ3n) is 8.88. The molecule has 0 saturated carbocycles. The van der Waals surface area contributed by atoms with Gasteiger partial charge < -0.3 is 10.1 Å². The van der Waals surface area contributed by atoms with Crippen LogP contribution in [0.25, 0.3) is 16.8 Å². The van der Waals surface area contributed by atoms with Gasteiger partial charge in [-0.3, -0.25) is 29.1 Å². The summed E-state index contributed by atoms with van der Waals surface area (Å²) in [6.45, 7) is 6.83. The number of nitrogens with zero attached hydrogens (tertiary/aromatic N) is 6. The number of imide groups is 1. The standard InChI is InChI=1S/C36H43ClN8O3/c1-24-36-43-42-25(2)45(36)32-15-11-27(20-31(32)35(40-24)26-9-12-29(37)13-10-26)28-21-39-44(22-28)18-6-4-3-5-17-38-30-14-16-34(47)41-33(46)8-7-19-48-23-30/h9-13,15,20-22,24,30,38H,3-8,14,16-19,23H2,1-2H3,(H,41,46,47)/t24-,30?/m0/s1. The van der Waals surface area contributed by atoms with E-state index in [1.54, 1.807) is 0 Å². The molecule has 252 valence electrons. The third kappa shape index (κ3) is 8.26. The van der Waals surface area contributed by atoms with Gasteiger partial charge in [-0.25, -0.2) is 0 Å². The Labute approximate surface area is 286 Å². The van der Waals surface area contributed by atoms with E-state index in [9.17, 15) is 9.59 Å². The Kier molecular flexibility index (Phi) is 11.1. The maximum Gasteiger partial charge on any atom is 0.226 e. The van der Waals surface area contributed by atoms with Crippen LogP contribution >= 0.6 is 11.6 Å². The first-order valence-electron chi connectivity index (χ1n) is 16.9. The molecule has 1 fully saturated rings. The molecule has 2 aromatic heterocycles. The molecule has 2 aliphatic rings. The van der Waals surface area contributed by atoms with Crippen molar-refractivity contribution >= 4 is 29.1 Å². The van der Waals surface area contributed by atoms with Gasteiger partial charge in [-0.1, -0.05) is 42.6 Å². The van der Waals surface area contributed by atoms with Gasteiger partial charge in [-0.05, 0) is 75.9 Å². The van der Waals surface area contributed by atoms with Crippen molar-refractivity contribution in [3.05, 3.63) is 82.7 Å². The van der Waals surface area contributed by atoms with Crippen LogP contribution in [0, 0.1) is 6.92 Å². The van der Waals surface area contributed by atoms with E-state index in [2.05, 4.69) is 54.9 Å². The number of hydrogen-bond acceptors (Lipinski definition) is 8. The smallest absolute Gasteiger partial charge is 0.226 e. The van der Waals surface area contributed by atoms with Crippen LogP contribution < -0.4 is 10.6 Å². The minimum absolute atomic E-state index is 0.110. The van der Waals surface area contributed by atoms with Gasteiger partial charge in [0.05, 0.1) is 24.2 Å². The Morgan fingerprint density at radius 2 is 1.77 bits per heavy atom. The molecule has 2 atom stereocenters. The number of aryl methyl sites for hydroxylation is 2. The van der Waals surface area contributed by atoms with Crippen molar-refractivity contribution in [1.29, 1.82) is 0 Å². The number of rotatable bonds is 10. The summed E-state index contributed by atoms with van der Waals surface area (Å²) in [4.78, 5) is 28.8. The molecule has 0 bridgehead atoms. The van der Waals surface area contributed by atoms with Crippen LogP contribution in [-0.2, 0) is 20.9 Å². The second kappa shape index (κ2) is 15.8. The van der Waals surface area contributed by atoms with E-state index in [4.69, 9.17) is 21.3 Å². The monoisotopic (exact) mass is 670 g/mol. The highest BCUT2D eigenvalue weighted by molar-refractivity contribution is 6.30. The number of hydrogen-bond donors (Lipinski definition) is 2. The van der Waals surface area contributed by atoms with Gasteiger partial charge in [-0.15, -0.1) is 10.2 Å². The first-order valence-corrected chi connectivity index (χ1v) is 17.3. The summed E-state index contributed by atoms with van der Waals surface area (Å²) < 4.78 is 9.87. The van der Waals surface area contributed by atoms with Gasteiger partial charge >= 0.3 is 0 Å². The van der Waals surface area contributed by atoms with Crippen molar-refractivity contribution in [1.82, 2.24) is 35.2 Å². The number of amides is 2. The van der Waals surface area contributed by atoms with Crippen molar-refractivity contribution in [3.63, 3.8) is 0 Å². The fourth-order valence-electron chi connectivity index (χ4n) is 6.29. The first-order chi connectivity index (χ1) is 23.4. The SMILES string of the molecule is Cc1nnc2n1-c1ccc(-c3cnn(CCCCCCNC4CCC(=O)NC(=O)CCCOC4)c3)cc1C(c1ccc(Cl)cc1)=N[C@H]2C. The third-order valence-corrected chi connectivity index (χ3v) is 9.13. The molecular formula is C36H43ClN8O3. The number of aromatic nitrogens is 5. The van der Waals surface area contributed by atoms with E-state index in [-0.39, 0.29) is 23.9 Å². The minimum Gasteiger partial charge on any atom is -0.380 e. The fourth-order valence-corrected chi connectivity index (χ4v) is 6.42. The molecule has 1 unspecified atom stereocenters. The molecular weight excluding hydrogens is 628 g/mol. The van der Waals surface area contributed by atoms with Crippen molar-refractivity contribution in [2.45, 2.75) is 83.8 Å². The van der Waals surface area contributed by atoms with Gasteiger partial charge in [0.1, 0.15) is 11.9 Å². The van der Waals surface area contributed by atoms with Crippen molar-refractivity contribution in [3.8, 4) is 16.8 Å². The molecule has 12 heteroatoms. The predicted octanol–water partition coefficient (Wildman–Crippen LogP) is 5.76. The van der Waals surface area contributed by atoms with Crippen LogP contribution in [0.5, 0.6) is 0 Å². The number of aliphatic imine (C=N–C) groups is 1. The Morgan fingerprint density at radius 3 is 2.62 bits per heavy atom. The number of carbonyl (C=O) groups is 2. The van der Waals surface area contributed by atoms with E-state index in [0.29, 0.717) is 43.9 Å². The molecule has 0 spiro atoms. The van der Waals surface area contributed by atoms with Crippen LogP contribution in [0.1, 0.15) is 87.1 Å². The van der Waals surface area contributed by atoms with Crippen LogP contribution in [0.15, 0.2) is 59.9 Å². The lowest BCUT2D eigenvalue weighted by molar-refractivity contribution is -0.130. The summed E-state index contributed by atoms with van der Waals surface area (Å²) >= 11 is 6.22. The highest BCUT2D eigenvalue weighted by Gasteiger charge is 2.26. The van der Waals surface area contributed by atoms with Crippen LogP contribution in [-0.4, -0.2) is 67.9 Å². The number of ether oxygens (including phenoxy) is 1. The second-order valence-corrected chi connectivity index (χ2v) is 13.0. The van der Waals surface area contributed by atoms with E-state index in [1.165, 1.54) is 0 Å².